The van der Waals surface area contributed by atoms with Crippen LogP contribution >= 0.6 is 11.6 Å². The Bertz CT molecular complexity index is 1300. The van der Waals surface area contributed by atoms with Gasteiger partial charge in [-0.1, -0.05) is 73.0 Å². The van der Waals surface area contributed by atoms with Crippen LogP contribution in [0.15, 0.2) is 78.9 Å². The molecule has 7 heteroatoms. The third kappa shape index (κ3) is 4.85. The molecular formula is C31H33ClN4O2. The minimum absolute atomic E-state index is 0.0237. The van der Waals surface area contributed by atoms with Crippen LogP contribution in [0.25, 0.3) is 0 Å². The van der Waals surface area contributed by atoms with E-state index in [0.29, 0.717) is 16.6 Å². The van der Waals surface area contributed by atoms with E-state index in [2.05, 4.69) is 69.4 Å². The molecule has 3 amide bonds. The number of amides is 3. The number of rotatable bonds is 4. The Morgan fingerprint density at radius 1 is 0.868 bits per heavy atom. The van der Waals surface area contributed by atoms with Crippen LogP contribution in [0.2, 0.25) is 5.02 Å². The maximum Gasteiger partial charge on any atom is 0.319 e. The van der Waals surface area contributed by atoms with Crippen molar-refractivity contribution in [2.24, 2.45) is 11.8 Å². The van der Waals surface area contributed by atoms with Crippen LogP contribution in [0.1, 0.15) is 55.3 Å². The van der Waals surface area contributed by atoms with Gasteiger partial charge < -0.3 is 20.9 Å². The van der Waals surface area contributed by atoms with Crippen molar-refractivity contribution in [1.82, 2.24) is 10.2 Å². The van der Waals surface area contributed by atoms with Crippen molar-refractivity contribution in [2.75, 3.05) is 17.2 Å². The van der Waals surface area contributed by atoms with Gasteiger partial charge in [-0.05, 0) is 60.7 Å². The van der Waals surface area contributed by atoms with Gasteiger partial charge in [0.15, 0.2) is 0 Å². The van der Waals surface area contributed by atoms with Gasteiger partial charge in [-0.2, -0.15) is 0 Å². The molecule has 2 fully saturated rings. The van der Waals surface area contributed by atoms with Crippen LogP contribution in [0.5, 0.6) is 0 Å². The number of hydrogen-bond donors (Lipinski definition) is 3. The molecule has 0 unspecified atom stereocenters. The molecule has 3 N–H and O–H groups in total. The van der Waals surface area contributed by atoms with Crippen LogP contribution < -0.4 is 16.0 Å². The van der Waals surface area contributed by atoms with Crippen LogP contribution in [0.4, 0.5) is 16.2 Å². The number of para-hydroxylation sites is 1. The molecule has 6 nitrogen and oxygen atoms in total. The highest BCUT2D eigenvalue weighted by atomic mass is 35.5. The van der Waals surface area contributed by atoms with Crippen molar-refractivity contribution in [2.45, 2.75) is 50.2 Å². The SMILES string of the molecule is O=C(Nc1ccc(Cl)cc1)N[C@@H]1CCCC[C@@H]1C(=O)N1CC[C@@H]2[C@H](c3ccccc3)Nc3ccccc3[C@@H]21. The summed E-state index contributed by atoms with van der Waals surface area (Å²) in [5, 5.41) is 10.4. The maximum atomic E-state index is 14.2. The number of likely N-dealkylation sites (tertiary alicyclic amines) is 1. The second kappa shape index (κ2) is 10.7. The van der Waals surface area contributed by atoms with Crippen LogP contribution in [0.3, 0.4) is 0 Å². The lowest BCUT2D eigenvalue weighted by molar-refractivity contribution is -0.138. The molecule has 1 saturated carbocycles. The summed E-state index contributed by atoms with van der Waals surface area (Å²) >= 11 is 5.97. The topological polar surface area (TPSA) is 73.5 Å². The second-order valence-corrected chi connectivity index (χ2v) is 11.1. The van der Waals surface area contributed by atoms with E-state index in [1.54, 1.807) is 24.3 Å². The van der Waals surface area contributed by atoms with Gasteiger partial charge in [0.2, 0.25) is 5.91 Å². The number of hydrogen-bond acceptors (Lipinski definition) is 3. The number of nitrogens with zero attached hydrogens (tertiary/aromatic N) is 1. The van der Waals surface area contributed by atoms with E-state index >= 15 is 0 Å². The number of benzene rings is 3. The Morgan fingerprint density at radius 3 is 2.42 bits per heavy atom. The lowest BCUT2D eigenvalue weighted by Gasteiger charge is -2.42. The first kappa shape index (κ1) is 24.8. The Balaban J connectivity index is 1.23. The van der Waals surface area contributed by atoms with Gasteiger partial charge in [0.1, 0.15) is 0 Å². The first-order chi connectivity index (χ1) is 18.6. The highest BCUT2D eigenvalue weighted by Gasteiger charge is 2.48. The van der Waals surface area contributed by atoms with E-state index in [1.165, 1.54) is 11.1 Å². The normalized spacial score (nSPS) is 26.0. The van der Waals surface area contributed by atoms with Crippen molar-refractivity contribution < 1.29 is 9.59 Å². The quantitative estimate of drug-likeness (QED) is 0.349. The third-order valence-electron chi connectivity index (χ3n) is 8.41. The first-order valence-electron chi connectivity index (χ1n) is 13.6. The zero-order valence-electron chi connectivity index (χ0n) is 21.3. The Morgan fingerprint density at radius 2 is 1.61 bits per heavy atom. The number of carbonyl (C=O) groups excluding carboxylic acids is 2. The van der Waals surface area contributed by atoms with Crippen LogP contribution in [-0.2, 0) is 4.79 Å². The zero-order valence-corrected chi connectivity index (χ0v) is 22.0. The van der Waals surface area contributed by atoms with Gasteiger partial charge in [0, 0.05) is 34.9 Å². The standard InChI is InChI=1S/C31H33ClN4O2/c32-21-14-16-22(17-15-21)33-31(38)35-27-13-7-5-11-24(27)30(37)36-19-18-25-28(20-8-2-1-3-9-20)34-26-12-6-4-10-23(26)29(25)36/h1-4,6,8-10,12,14-17,24-25,27-29,34H,5,7,11,13,18-19H2,(H2,33,35,38)/t24-,25+,27+,28-,29-/m0/s1. The molecule has 0 spiro atoms. The van der Waals surface area contributed by atoms with Crippen molar-refractivity contribution in [3.63, 3.8) is 0 Å². The van der Waals surface area contributed by atoms with Crippen molar-refractivity contribution >= 4 is 34.9 Å². The number of carbonyl (C=O) groups is 2. The van der Waals surface area contributed by atoms with Gasteiger partial charge in [0.05, 0.1) is 18.0 Å². The summed E-state index contributed by atoms with van der Waals surface area (Å²) in [4.78, 5) is 29.2. The molecule has 1 saturated heterocycles. The van der Waals surface area contributed by atoms with E-state index in [4.69, 9.17) is 11.6 Å². The van der Waals surface area contributed by atoms with E-state index < -0.39 is 0 Å². The molecule has 2 aliphatic heterocycles. The van der Waals surface area contributed by atoms with Gasteiger partial charge in [-0.25, -0.2) is 4.79 Å². The van der Waals surface area contributed by atoms with Gasteiger partial charge in [0.25, 0.3) is 0 Å². The van der Waals surface area contributed by atoms with E-state index in [-0.39, 0.29) is 36.0 Å². The smallest absolute Gasteiger partial charge is 0.319 e. The van der Waals surface area contributed by atoms with Crippen molar-refractivity contribution in [1.29, 1.82) is 0 Å². The first-order valence-corrected chi connectivity index (χ1v) is 14.0. The number of halogens is 1. The molecule has 196 valence electrons. The minimum atomic E-state index is -0.285. The molecule has 3 aliphatic rings. The average Bonchev–Trinajstić information content (AvgIpc) is 3.40. The molecule has 0 radical (unpaired) electrons. The number of urea groups is 1. The van der Waals surface area contributed by atoms with Gasteiger partial charge in [-0.3, -0.25) is 4.79 Å². The highest BCUT2D eigenvalue weighted by molar-refractivity contribution is 6.30. The molecule has 6 rings (SSSR count). The second-order valence-electron chi connectivity index (χ2n) is 10.7. The van der Waals surface area contributed by atoms with Crippen molar-refractivity contribution in [3.05, 3.63) is 95.0 Å². The summed E-state index contributed by atoms with van der Waals surface area (Å²) in [6, 6.07) is 25.7. The number of anilines is 2. The Labute approximate surface area is 228 Å². The highest BCUT2D eigenvalue weighted by Crippen LogP contribution is 2.51. The maximum absolute atomic E-state index is 14.2. The summed E-state index contributed by atoms with van der Waals surface area (Å²) in [7, 11) is 0. The van der Waals surface area contributed by atoms with Gasteiger partial charge >= 0.3 is 6.03 Å². The molecule has 5 atom stereocenters. The Kier molecular flexibility index (Phi) is 6.98. The Hall–Kier alpha value is -3.51. The minimum Gasteiger partial charge on any atom is -0.378 e. The summed E-state index contributed by atoms with van der Waals surface area (Å²) < 4.78 is 0. The van der Waals surface area contributed by atoms with E-state index in [0.717, 1.165) is 44.3 Å². The fraction of sp³-hybridized carbons (Fsp3) is 0.355. The largest absolute Gasteiger partial charge is 0.378 e. The number of fused-ring (bicyclic) bond motifs is 3. The lowest BCUT2D eigenvalue weighted by Crippen LogP contribution is -2.51. The van der Waals surface area contributed by atoms with Crippen molar-refractivity contribution in [3.8, 4) is 0 Å². The molecule has 0 aromatic heterocycles. The molecule has 1 aliphatic carbocycles. The molecule has 38 heavy (non-hydrogen) atoms. The molecule has 0 bridgehead atoms. The fourth-order valence-electron chi connectivity index (χ4n) is 6.64. The molecule has 3 aromatic rings. The average molecular weight is 529 g/mol. The zero-order chi connectivity index (χ0) is 26.1. The summed E-state index contributed by atoms with van der Waals surface area (Å²) in [6.45, 7) is 0.730. The third-order valence-corrected chi connectivity index (χ3v) is 8.66. The summed E-state index contributed by atoms with van der Waals surface area (Å²) in [6.07, 6.45) is 4.54. The molecular weight excluding hydrogens is 496 g/mol. The predicted molar refractivity (Wildman–Crippen MR) is 151 cm³/mol. The van der Waals surface area contributed by atoms with Gasteiger partial charge in [-0.15, -0.1) is 0 Å². The summed E-state index contributed by atoms with van der Waals surface area (Å²) in [5.74, 6) is 0.229. The van der Waals surface area contributed by atoms with Crippen LogP contribution in [-0.4, -0.2) is 29.4 Å². The van der Waals surface area contributed by atoms with E-state index in [1.807, 2.05) is 6.07 Å². The van der Waals surface area contributed by atoms with E-state index in [9.17, 15) is 9.59 Å². The van der Waals surface area contributed by atoms with Crippen LogP contribution in [0, 0.1) is 11.8 Å². The lowest BCUT2D eigenvalue weighted by atomic mass is 9.79. The number of nitrogens with one attached hydrogen (secondary N) is 3. The molecule has 3 aromatic carbocycles. The fourth-order valence-corrected chi connectivity index (χ4v) is 6.77. The molecule has 2 heterocycles. The predicted octanol–water partition coefficient (Wildman–Crippen LogP) is 6.78. The monoisotopic (exact) mass is 528 g/mol. The summed E-state index contributed by atoms with van der Waals surface area (Å²) in [5.41, 5.74) is 4.22.